The molecule has 2 aliphatic heterocycles. The molecule has 0 radical (unpaired) electrons. The largest absolute Gasteiger partial charge is 0.454 e. The summed E-state index contributed by atoms with van der Waals surface area (Å²) in [5.74, 6) is 0.734. The summed E-state index contributed by atoms with van der Waals surface area (Å²) in [5.41, 5.74) is 1.49. The number of hydrogen-bond acceptors (Lipinski definition) is 4. The van der Waals surface area contributed by atoms with Crippen LogP contribution in [0.15, 0.2) is 42.5 Å². The molecule has 29 heavy (non-hydrogen) atoms. The maximum absolute atomic E-state index is 13.0. The summed E-state index contributed by atoms with van der Waals surface area (Å²) in [6.07, 6.45) is 0.565. The van der Waals surface area contributed by atoms with Crippen LogP contribution in [-0.4, -0.2) is 54.6 Å². The number of carbonyl (C=O) groups excluding carboxylic acids is 2. The van der Waals surface area contributed by atoms with Crippen LogP contribution in [0.4, 0.5) is 4.39 Å². The molecule has 2 aromatic rings. The number of rotatable bonds is 4. The average molecular weight is 398 g/mol. The van der Waals surface area contributed by atoms with Crippen LogP contribution >= 0.6 is 0 Å². The number of amides is 2. The second-order valence-electron chi connectivity index (χ2n) is 7.42. The molecule has 2 amide bonds. The minimum absolute atomic E-state index is 0.0597. The van der Waals surface area contributed by atoms with Crippen LogP contribution < -0.4 is 9.47 Å². The molecule has 0 aliphatic carbocycles. The van der Waals surface area contributed by atoms with Crippen LogP contribution in [0.1, 0.15) is 22.8 Å². The van der Waals surface area contributed by atoms with E-state index in [2.05, 4.69) is 0 Å². The third kappa shape index (κ3) is 4.18. The molecule has 1 atom stereocenters. The van der Waals surface area contributed by atoms with E-state index < -0.39 is 0 Å². The van der Waals surface area contributed by atoms with E-state index in [1.165, 1.54) is 12.1 Å². The lowest BCUT2D eigenvalue weighted by Crippen LogP contribution is -2.51. The van der Waals surface area contributed by atoms with E-state index in [-0.39, 0.29) is 30.3 Å². The molecule has 1 saturated heterocycles. The van der Waals surface area contributed by atoms with Crippen molar-refractivity contribution < 1.29 is 23.5 Å². The van der Waals surface area contributed by atoms with Crippen molar-refractivity contribution in [3.63, 3.8) is 0 Å². The lowest BCUT2D eigenvalue weighted by atomic mass is 9.99. The molecule has 0 aromatic heterocycles. The maximum Gasteiger partial charge on any atom is 0.254 e. The highest BCUT2D eigenvalue weighted by Crippen LogP contribution is 2.32. The molecule has 0 bridgehead atoms. The zero-order valence-corrected chi connectivity index (χ0v) is 16.3. The third-order valence-electron chi connectivity index (χ3n) is 5.37. The van der Waals surface area contributed by atoms with Gasteiger partial charge in [0.25, 0.3) is 5.91 Å². The van der Waals surface area contributed by atoms with Crippen LogP contribution in [0.3, 0.4) is 0 Å². The standard InChI is InChI=1S/C22H23FN2O4/c1-15(12-16-2-5-18(23)6-3-16)21(26)24-8-10-25(11-9-24)22(27)17-4-7-19-20(13-17)29-14-28-19/h2-7,13,15H,8-12,14H2,1H3. The van der Waals surface area contributed by atoms with Gasteiger partial charge in [-0.2, -0.15) is 0 Å². The lowest BCUT2D eigenvalue weighted by Gasteiger charge is -2.36. The Hall–Kier alpha value is -3.09. The molecule has 7 heteroatoms. The number of nitrogens with zero attached hydrogens (tertiary/aromatic N) is 2. The number of halogens is 1. The molecule has 2 heterocycles. The van der Waals surface area contributed by atoms with Gasteiger partial charge < -0.3 is 19.3 Å². The highest BCUT2D eigenvalue weighted by molar-refractivity contribution is 5.95. The number of ether oxygens (including phenoxy) is 2. The molecule has 1 unspecified atom stereocenters. The van der Waals surface area contributed by atoms with Gasteiger partial charge >= 0.3 is 0 Å². The maximum atomic E-state index is 13.0. The first-order valence-corrected chi connectivity index (χ1v) is 9.73. The van der Waals surface area contributed by atoms with Gasteiger partial charge in [-0.05, 0) is 42.3 Å². The van der Waals surface area contributed by atoms with Gasteiger partial charge in [-0.3, -0.25) is 9.59 Å². The van der Waals surface area contributed by atoms with Gasteiger partial charge in [-0.25, -0.2) is 4.39 Å². The van der Waals surface area contributed by atoms with Gasteiger partial charge in [0.05, 0.1) is 0 Å². The summed E-state index contributed by atoms with van der Waals surface area (Å²) < 4.78 is 23.7. The van der Waals surface area contributed by atoms with Gasteiger partial charge in [0.15, 0.2) is 11.5 Å². The van der Waals surface area contributed by atoms with E-state index in [1.54, 1.807) is 40.1 Å². The summed E-state index contributed by atoms with van der Waals surface area (Å²) in [4.78, 5) is 29.1. The van der Waals surface area contributed by atoms with Crippen molar-refractivity contribution in [1.82, 2.24) is 9.80 Å². The van der Waals surface area contributed by atoms with Gasteiger partial charge in [0.2, 0.25) is 12.7 Å². The van der Waals surface area contributed by atoms with E-state index in [0.29, 0.717) is 49.7 Å². The van der Waals surface area contributed by atoms with Crippen molar-refractivity contribution in [2.24, 2.45) is 5.92 Å². The zero-order chi connectivity index (χ0) is 20.4. The van der Waals surface area contributed by atoms with Crippen molar-refractivity contribution in [2.45, 2.75) is 13.3 Å². The Morgan fingerprint density at radius 3 is 2.34 bits per heavy atom. The van der Waals surface area contributed by atoms with E-state index in [0.717, 1.165) is 5.56 Å². The molecule has 152 valence electrons. The van der Waals surface area contributed by atoms with Crippen LogP contribution in [0, 0.1) is 11.7 Å². The van der Waals surface area contributed by atoms with Gasteiger partial charge in [0, 0.05) is 37.7 Å². The number of hydrogen-bond donors (Lipinski definition) is 0. The molecule has 2 aliphatic rings. The fourth-order valence-electron chi connectivity index (χ4n) is 3.72. The Morgan fingerprint density at radius 2 is 1.62 bits per heavy atom. The Bertz CT molecular complexity index is 908. The first kappa shape index (κ1) is 19.2. The molecule has 0 saturated carbocycles. The van der Waals surface area contributed by atoms with Gasteiger partial charge in [-0.15, -0.1) is 0 Å². The number of piperazine rings is 1. The zero-order valence-electron chi connectivity index (χ0n) is 16.3. The van der Waals surface area contributed by atoms with Crippen LogP contribution in [0.25, 0.3) is 0 Å². The topological polar surface area (TPSA) is 59.1 Å². The molecular formula is C22H23FN2O4. The molecule has 1 fully saturated rings. The minimum atomic E-state index is -0.282. The summed E-state index contributed by atoms with van der Waals surface area (Å²) in [5, 5.41) is 0. The second-order valence-corrected chi connectivity index (χ2v) is 7.42. The first-order valence-electron chi connectivity index (χ1n) is 9.73. The van der Waals surface area contributed by atoms with E-state index >= 15 is 0 Å². The number of carbonyl (C=O) groups is 2. The van der Waals surface area contributed by atoms with Gasteiger partial charge in [0.1, 0.15) is 5.82 Å². The first-order chi connectivity index (χ1) is 14.0. The monoisotopic (exact) mass is 398 g/mol. The molecule has 2 aromatic carbocycles. The summed E-state index contributed by atoms with van der Waals surface area (Å²) >= 11 is 0. The van der Waals surface area contributed by atoms with Crippen LogP contribution in [-0.2, 0) is 11.2 Å². The Labute approximate surface area is 168 Å². The fraction of sp³-hybridized carbons (Fsp3) is 0.364. The average Bonchev–Trinajstić information content (AvgIpc) is 3.22. The summed E-state index contributed by atoms with van der Waals surface area (Å²) in [6.45, 7) is 4.04. The third-order valence-corrected chi connectivity index (χ3v) is 5.37. The predicted molar refractivity (Wildman–Crippen MR) is 104 cm³/mol. The molecular weight excluding hydrogens is 375 g/mol. The van der Waals surface area contributed by atoms with Crippen molar-refractivity contribution in [3.8, 4) is 11.5 Å². The van der Waals surface area contributed by atoms with E-state index in [4.69, 9.17) is 9.47 Å². The van der Waals surface area contributed by atoms with Crippen molar-refractivity contribution >= 4 is 11.8 Å². The van der Waals surface area contributed by atoms with Crippen molar-refractivity contribution in [2.75, 3.05) is 33.0 Å². The van der Waals surface area contributed by atoms with Gasteiger partial charge in [-0.1, -0.05) is 19.1 Å². The second kappa shape index (κ2) is 8.11. The Kier molecular flexibility index (Phi) is 5.38. The molecule has 4 rings (SSSR count). The van der Waals surface area contributed by atoms with Crippen molar-refractivity contribution in [1.29, 1.82) is 0 Å². The summed E-state index contributed by atoms with van der Waals surface area (Å²) in [7, 11) is 0. The predicted octanol–water partition coefficient (Wildman–Crippen LogP) is 2.72. The van der Waals surface area contributed by atoms with Crippen LogP contribution in [0.5, 0.6) is 11.5 Å². The number of fused-ring (bicyclic) bond motifs is 1. The van der Waals surface area contributed by atoms with E-state index in [1.807, 2.05) is 6.92 Å². The highest BCUT2D eigenvalue weighted by Gasteiger charge is 2.28. The fourth-order valence-corrected chi connectivity index (χ4v) is 3.72. The Morgan fingerprint density at radius 1 is 0.966 bits per heavy atom. The SMILES string of the molecule is CC(Cc1ccc(F)cc1)C(=O)N1CCN(C(=O)c2ccc3c(c2)OCO3)CC1. The highest BCUT2D eigenvalue weighted by atomic mass is 19.1. The van der Waals surface area contributed by atoms with Crippen LogP contribution in [0.2, 0.25) is 0 Å². The normalized spacial score (nSPS) is 16.6. The minimum Gasteiger partial charge on any atom is -0.454 e. The molecule has 0 spiro atoms. The lowest BCUT2D eigenvalue weighted by molar-refractivity contribution is -0.136. The molecule has 6 nitrogen and oxygen atoms in total. The van der Waals surface area contributed by atoms with E-state index in [9.17, 15) is 14.0 Å². The quantitative estimate of drug-likeness (QED) is 0.795. The smallest absolute Gasteiger partial charge is 0.254 e. The Balaban J connectivity index is 1.32. The summed E-state index contributed by atoms with van der Waals surface area (Å²) in [6, 6.07) is 11.4. The number of benzene rings is 2. The van der Waals surface area contributed by atoms with Crippen molar-refractivity contribution in [3.05, 3.63) is 59.4 Å². The molecule has 0 N–H and O–H groups in total.